The van der Waals surface area contributed by atoms with Gasteiger partial charge in [0.05, 0.1) is 6.10 Å². The van der Waals surface area contributed by atoms with E-state index >= 15 is 0 Å². The minimum atomic E-state index is -0.675. The number of rotatable bonds is 5. The van der Waals surface area contributed by atoms with Gasteiger partial charge >= 0.3 is 0 Å². The van der Waals surface area contributed by atoms with E-state index in [1.165, 1.54) is 6.07 Å². The van der Waals surface area contributed by atoms with Gasteiger partial charge in [-0.15, -0.1) is 0 Å². The van der Waals surface area contributed by atoms with Gasteiger partial charge in [0.15, 0.2) is 0 Å². The van der Waals surface area contributed by atoms with Crippen LogP contribution in [-0.2, 0) is 0 Å². The molecule has 0 fully saturated rings. The summed E-state index contributed by atoms with van der Waals surface area (Å²) in [5, 5.41) is 9.98. The Labute approximate surface area is 97.3 Å². The Kier molecular flexibility index (Phi) is 4.94. The molecule has 0 aliphatic heterocycles. The van der Waals surface area contributed by atoms with E-state index in [2.05, 4.69) is 13.8 Å². The van der Waals surface area contributed by atoms with Gasteiger partial charge in [-0.2, -0.15) is 0 Å². The molecule has 0 radical (unpaired) electrons. The molecule has 0 aromatic heterocycles. The molecule has 0 saturated carbocycles. The Hall–Kier alpha value is -0.890. The average molecular weight is 224 g/mol. The third-order valence-corrected chi connectivity index (χ3v) is 3.23. The second-order valence-electron chi connectivity index (χ2n) is 4.46. The van der Waals surface area contributed by atoms with Crippen LogP contribution in [0.15, 0.2) is 18.2 Å². The van der Waals surface area contributed by atoms with Crippen LogP contribution >= 0.6 is 0 Å². The molecular weight excluding hydrogens is 203 g/mol. The van der Waals surface area contributed by atoms with Crippen LogP contribution in [0.3, 0.4) is 0 Å². The summed E-state index contributed by atoms with van der Waals surface area (Å²) in [6.45, 7) is 6.05. The van der Waals surface area contributed by atoms with Gasteiger partial charge in [-0.3, -0.25) is 0 Å². The Morgan fingerprint density at radius 1 is 1.25 bits per heavy atom. The maximum Gasteiger partial charge on any atom is 0.129 e. The molecular formula is C14H21FO. The van der Waals surface area contributed by atoms with E-state index in [0.29, 0.717) is 17.9 Å². The Morgan fingerprint density at radius 3 is 2.38 bits per heavy atom. The fourth-order valence-electron chi connectivity index (χ4n) is 1.97. The van der Waals surface area contributed by atoms with Gasteiger partial charge in [-0.05, 0) is 30.9 Å². The molecule has 0 spiro atoms. The lowest BCUT2D eigenvalue weighted by Gasteiger charge is -2.18. The predicted octanol–water partition coefficient (Wildman–Crippen LogP) is 3.99. The van der Waals surface area contributed by atoms with Crippen LogP contribution in [0, 0.1) is 18.7 Å². The van der Waals surface area contributed by atoms with Gasteiger partial charge in [0, 0.05) is 5.56 Å². The highest BCUT2D eigenvalue weighted by atomic mass is 19.1. The summed E-state index contributed by atoms with van der Waals surface area (Å²) in [7, 11) is 0. The molecule has 90 valence electrons. The van der Waals surface area contributed by atoms with Crippen molar-refractivity contribution in [2.45, 2.75) is 46.1 Å². The van der Waals surface area contributed by atoms with Crippen molar-refractivity contribution in [3.05, 3.63) is 35.1 Å². The van der Waals surface area contributed by atoms with Crippen molar-refractivity contribution in [2.24, 2.45) is 5.92 Å². The average Bonchev–Trinajstić information content (AvgIpc) is 2.25. The second-order valence-corrected chi connectivity index (χ2v) is 4.46. The van der Waals surface area contributed by atoms with Crippen LogP contribution < -0.4 is 0 Å². The van der Waals surface area contributed by atoms with Gasteiger partial charge < -0.3 is 5.11 Å². The molecule has 1 N–H and O–H groups in total. The lowest BCUT2D eigenvalue weighted by molar-refractivity contribution is 0.137. The van der Waals surface area contributed by atoms with Crippen LogP contribution in [-0.4, -0.2) is 5.11 Å². The largest absolute Gasteiger partial charge is 0.388 e. The first kappa shape index (κ1) is 13.2. The van der Waals surface area contributed by atoms with Crippen molar-refractivity contribution in [1.29, 1.82) is 0 Å². The summed E-state index contributed by atoms with van der Waals surface area (Å²) < 4.78 is 13.6. The zero-order chi connectivity index (χ0) is 12.1. The minimum absolute atomic E-state index is 0.293. The summed E-state index contributed by atoms with van der Waals surface area (Å²) in [5.74, 6) is 0.175. The zero-order valence-corrected chi connectivity index (χ0v) is 10.3. The molecule has 1 unspecified atom stereocenters. The number of benzene rings is 1. The molecule has 1 aromatic rings. The quantitative estimate of drug-likeness (QED) is 0.801. The van der Waals surface area contributed by atoms with Crippen molar-refractivity contribution in [1.82, 2.24) is 0 Å². The highest BCUT2D eigenvalue weighted by molar-refractivity contribution is 5.25. The van der Waals surface area contributed by atoms with Crippen LogP contribution in [0.4, 0.5) is 4.39 Å². The molecule has 16 heavy (non-hydrogen) atoms. The number of hydrogen-bond donors (Lipinski definition) is 1. The Bertz CT molecular complexity index is 332. The van der Waals surface area contributed by atoms with Gasteiger partial charge in [0.2, 0.25) is 0 Å². The molecule has 2 heteroatoms. The summed E-state index contributed by atoms with van der Waals surface area (Å²) in [4.78, 5) is 0. The Balaban J connectivity index is 2.76. The minimum Gasteiger partial charge on any atom is -0.388 e. The predicted molar refractivity (Wildman–Crippen MR) is 64.8 cm³/mol. The molecule has 1 rings (SSSR count). The van der Waals surface area contributed by atoms with Crippen molar-refractivity contribution >= 4 is 0 Å². The summed E-state index contributed by atoms with van der Waals surface area (Å²) in [6, 6.07) is 5.01. The van der Waals surface area contributed by atoms with Crippen LogP contribution in [0.5, 0.6) is 0 Å². The molecule has 1 aromatic carbocycles. The van der Waals surface area contributed by atoms with Crippen molar-refractivity contribution in [2.75, 3.05) is 0 Å². The van der Waals surface area contributed by atoms with Gasteiger partial charge in [-0.25, -0.2) is 4.39 Å². The maximum absolute atomic E-state index is 13.6. The fraction of sp³-hybridized carbons (Fsp3) is 0.571. The standard InChI is InChI=1S/C14H21FO/c1-4-11(5-2)9-14(16)12-7-6-10(3)8-13(12)15/h6-8,11,14,16H,4-5,9H2,1-3H3. The molecule has 0 amide bonds. The first-order valence-corrected chi connectivity index (χ1v) is 6.02. The van der Waals surface area contributed by atoms with Gasteiger partial charge in [0.25, 0.3) is 0 Å². The van der Waals surface area contributed by atoms with Crippen LogP contribution in [0.1, 0.15) is 50.3 Å². The first-order chi connectivity index (χ1) is 7.58. The van der Waals surface area contributed by atoms with E-state index in [-0.39, 0.29) is 5.82 Å². The normalized spacial score (nSPS) is 13.1. The van der Waals surface area contributed by atoms with Crippen LogP contribution in [0.25, 0.3) is 0 Å². The van der Waals surface area contributed by atoms with E-state index in [9.17, 15) is 9.50 Å². The number of aliphatic hydroxyl groups excluding tert-OH is 1. The number of halogens is 1. The maximum atomic E-state index is 13.6. The zero-order valence-electron chi connectivity index (χ0n) is 10.3. The molecule has 0 aliphatic rings. The van der Waals surface area contributed by atoms with Crippen molar-refractivity contribution in [3.63, 3.8) is 0 Å². The Morgan fingerprint density at radius 2 is 1.88 bits per heavy atom. The molecule has 0 aliphatic carbocycles. The molecule has 0 heterocycles. The van der Waals surface area contributed by atoms with Gasteiger partial charge in [0.1, 0.15) is 5.82 Å². The molecule has 1 atom stereocenters. The number of aliphatic hydroxyl groups is 1. The summed E-state index contributed by atoms with van der Waals surface area (Å²) in [6.07, 6.45) is 2.03. The monoisotopic (exact) mass is 224 g/mol. The summed E-state index contributed by atoms with van der Waals surface area (Å²) in [5.41, 5.74) is 1.31. The third kappa shape index (κ3) is 3.31. The fourth-order valence-corrected chi connectivity index (χ4v) is 1.97. The molecule has 0 bridgehead atoms. The van der Waals surface area contributed by atoms with Gasteiger partial charge in [-0.1, -0.05) is 38.8 Å². The number of aryl methyl sites for hydroxylation is 1. The SMILES string of the molecule is CCC(CC)CC(O)c1ccc(C)cc1F. The lowest BCUT2D eigenvalue weighted by atomic mass is 9.92. The summed E-state index contributed by atoms with van der Waals surface area (Å²) >= 11 is 0. The highest BCUT2D eigenvalue weighted by Crippen LogP contribution is 2.27. The smallest absolute Gasteiger partial charge is 0.129 e. The van der Waals surface area contributed by atoms with Crippen LogP contribution in [0.2, 0.25) is 0 Å². The molecule has 1 nitrogen and oxygen atoms in total. The van der Waals surface area contributed by atoms with E-state index < -0.39 is 6.10 Å². The highest BCUT2D eigenvalue weighted by Gasteiger charge is 2.16. The van der Waals surface area contributed by atoms with E-state index in [0.717, 1.165) is 18.4 Å². The van der Waals surface area contributed by atoms with Crippen molar-refractivity contribution in [3.8, 4) is 0 Å². The van der Waals surface area contributed by atoms with Crippen molar-refractivity contribution < 1.29 is 9.50 Å². The third-order valence-electron chi connectivity index (χ3n) is 3.23. The first-order valence-electron chi connectivity index (χ1n) is 6.02. The topological polar surface area (TPSA) is 20.2 Å². The van der Waals surface area contributed by atoms with E-state index in [1.54, 1.807) is 6.07 Å². The second kappa shape index (κ2) is 6.00. The number of hydrogen-bond acceptors (Lipinski definition) is 1. The molecule has 0 saturated heterocycles. The van der Waals surface area contributed by atoms with E-state index in [1.807, 2.05) is 13.0 Å². The van der Waals surface area contributed by atoms with E-state index in [4.69, 9.17) is 0 Å². The lowest BCUT2D eigenvalue weighted by Crippen LogP contribution is -2.07.